The molecule has 162 valence electrons. The zero-order valence-corrected chi connectivity index (χ0v) is 18.9. The Labute approximate surface area is 191 Å². The predicted molar refractivity (Wildman–Crippen MR) is 129 cm³/mol. The summed E-state index contributed by atoms with van der Waals surface area (Å²) in [6.07, 6.45) is 2.32. The Morgan fingerprint density at radius 1 is 0.935 bits per heavy atom. The molecule has 1 N–H and O–H groups in total. The highest BCUT2D eigenvalue weighted by molar-refractivity contribution is 6.30. The largest absolute Gasteiger partial charge is 0.489 e. The second-order valence-electron chi connectivity index (χ2n) is 8.44. The van der Waals surface area contributed by atoms with Crippen LogP contribution in [0.25, 0.3) is 0 Å². The van der Waals surface area contributed by atoms with Crippen molar-refractivity contribution in [2.75, 3.05) is 13.1 Å². The van der Waals surface area contributed by atoms with E-state index in [9.17, 15) is 0 Å². The molecule has 0 saturated carbocycles. The fourth-order valence-corrected chi connectivity index (χ4v) is 4.26. The van der Waals surface area contributed by atoms with E-state index in [1.54, 1.807) is 0 Å². The van der Waals surface area contributed by atoms with Gasteiger partial charge in [-0.05, 0) is 62.2 Å². The van der Waals surface area contributed by atoms with Crippen molar-refractivity contribution in [1.82, 2.24) is 10.2 Å². The number of aryl methyl sites for hydroxylation is 1. The molecule has 0 aromatic heterocycles. The topological polar surface area (TPSA) is 24.5 Å². The van der Waals surface area contributed by atoms with Crippen LogP contribution in [-0.2, 0) is 19.7 Å². The Balaban J connectivity index is 1.28. The fraction of sp³-hybridized carbons (Fsp3) is 0.333. The standard InChI is InChI=1S/C27H31ClN2O/c1-21-7-9-23(10-8-21)20-31-27-12-11-25(28)17-24(27)18-29-26-13-15-30(16-14-26)19-22-5-3-2-4-6-22/h2-12,17,26,29H,13-16,18-20H2,1H3. The van der Waals surface area contributed by atoms with Crippen molar-refractivity contribution in [1.29, 1.82) is 0 Å². The lowest BCUT2D eigenvalue weighted by Crippen LogP contribution is -2.41. The van der Waals surface area contributed by atoms with Crippen molar-refractivity contribution in [3.05, 3.63) is 100 Å². The average molecular weight is 435 g/mol. The molecule has 0 aliphatic carbocycles. The molecule has 1 aliphatic rings. The molecule has 1 aliphatic heterocycles. The van der Waals surface area contributed by atoms with Gasteiger partial charge in [0.25, 0.3) is 0 Å². The van der Waals surface area contributed by atoms with Gasteiger partial charge in [-0.1, -0.05) is 71.8 Å². The molecule has 31 heavy (non-hydrogen) atoms. The van der Waals surface area contributed by atoms with Crippen LogP contribution < -0.4 is 10.1 Å². The first kappa shape index (κ1) is 21.9. The van der Waals surface area contributed by atoms with Crippen LogP contribution in [0.15, 0.2) is 72.8 Å². The van der Waals surface area contributed by atoms with Crippen molar-refractivity contribution in [3.8, 4) is 5.75 Å². The molecule has 0 bridgehead atoms. The van der Waals surface area contributed by atoms with Gasteiger partial charge in [0.1, 0.15) is 12.4 Å². The normalized spacial score (nSPS) is 15.2. The lowest BCUT2D eigenvalue weighted by molar-refractivity contribution is 0.189. The van der Waals surface area contributed by atoms with Gasteiger partial charge in [0, 0.05) is 29.7 Å². The molecule has 3 aromatic carbocycles. The molecule has 3 aromatic rings. The molecule has 1 saturated heterocycles. The van der Waals surface area contributed by atoms with Crippen LogP contribution in [0.2, 0.25) is 5.02 Å². The van der Waals surface area contributed by atoms with Gasteiger partial charge >= 0.3 is 0 Å². The molecule has 1 fully saturated rings. The lowest BCUT2D eigenvalue weighted by atomic mass is 10.0. The number of rotatable bonds is 8. The van der Waals surface area contributed by atoms with E-state index in [0.29, 0.717) is 12.6 Å². The number of halogens is 1. The van der Waals surface area contributed by atoms with Gasteiger partial charge in [0.2, 0.25) is 0 Å². The summed E-state index contributed by atoms with van der Waals surface area (Å²) in [5, 5.41) is 4.48. The number of nitrogens with zero attached hydrogens (tertiary/aromatic N) is 1. The summed E-state index contributed by atoms with van der Waals surface area (Å²) in [6.45, 7) is 6.72. The number of nitrogens with one attached hydrogen (secondary N) is 1. The van der Waals surface area contributed by atoms with E-state index in [1.807, 2.05) is 18.2 Å². The number of hydrogen-bond acceptors (Lipinski definition) is 3. The summed E-state index contributed by atoms with van der Waals surface area (Å²) in [6, 6.07) is 25.6. The van der Waals surface area contributed by atoms with Gasteiger partial charge in [0.05, 0.1) is 0 Å². The van der Waals surface area contributed by atoms with Crippen LogP contribution in [-0.4, -0.2) is 24.0 Å². The van der Waals surface area contributed by atoms with Crippen molar-refractivity contribution < 1.29 is 4.74 Å². The quantitative estimate of drug-likeness (QED) is 0.471. The van der Waals surface area contributed by atoms with E-state index in [4.69, 9.17) is 16.3 Å². The molecule has 1 heterocycles. The monoisotopic (exact) mass is 434 g/mol. The molecular formula is C27H31ClN2O. The maximum atomic E-state index is 6.28. The summed E-state index contributed by atoms with van der Waals surface area (Å²) in [7, 11) is 0. The van der Waals surface area contributed by atoms with E-state index in [1.165, 1.54) is 16.7 Å². The number of ether oxygens (including phenoxy) is 1. The summed E-state index contributed by atoms with van der Waals surface area (Å²) in [4.78, 5) is 2.54. The zero-order valence-electron chi connectivity index (χ0n) is 18.2. The van der Waals surface area contributed by atoms with E-state index < -0.39 is 0 Å². The van der Waals surface area contributed by atoms with E-state index in [2.05, 4.69) is 71.7 Å². The van der Waals surface area contributed by atoms with Gasteiger partial charge in [0.15, 0.2) is 0 Å². The van der Waals surface area contributed by atoms with E-state index in [0.717, 1.165) is 55.4 Å². The minimum Gasteiger partial charge on any atom is -0.489 e. The van der Waals surface area contributed by atoms with Crippen LogP contribution in [0.4, 0.5) is 0 Å². The first-order valence-corrected chi connectivity index (χ1v) is 11.5. The first-order chi connectivity index (χ1) is 15.2. The Bertz CT molecular complexity index is 951. The number of piperidine rings is 1. The third-order valence-electron chi connectivity index (χ3n) is 5.96. The summed E-state index contributed by atoms with van der Waals surface area (Å²) < 4.78 is 6.13. The van der Waals surface area contributed by atoms with Crippen molar-refractivity contribution in [2.45, 2.75) is 45.5 Å². The van der Waals surface area contributed by atoms with Crippen molar-refractivity contribution in [2.24, 2.45) is 0 Å². The maximum absolute atomic E-state index is 6.28. The van der Waals surface area contributed by atoms with Crippen LogP contribution in [0, 0.1) is 6.92 Å². The van der Waals surface area contributed by atoms with Crippen LogP contribution in [0.5, 0.6) is 5.75 Å². The summed E-state index contributed by atoms with van der Waals surface area (Å²) >= 11 is 6.28. The molecule has 4 rings (SSSR count). The molecule has 3 nitrogen and oxygen atoms in total. The van der Waals surface area contributed by atoms with Gasteiger partial charge < -0.3 is 10.1 Å². The van der Waals surface area contributed by atoms with E-state index >= 15 is 0 Å². The Kier molecular flexibility index (Phi) is 7.63. The first-order valence-electron chi connectivity index (χ1n) is 11.1. The Morgan fingerprint density at radius 2 is 1.68 bits per heavy atom. The average Bonchev–Trinajstić information content (AvgIpc) is 2.80. The molecule has 0 unspecified atom stereocenters. The Morgan fingerprint density at radius 3 is 2.42 bits per heavy atom. The molecule has 0 atom stereocenters. The van der Waals surface area contributed by atoms with Crippen LogP contribution in [0.3, 0.4) is 0 Å². The van der Waals surface area contributed by atoms with Gasteiger partial charge in [-0.15, -0.1) is 0 Å². The predicted octanol–water partition coefficient (Wildman–Crippen LogP) is 5.98. The van der Waals surface area contributed by atoms with Gasteiger partial charge in [-0.2, -0.15) is 0 Å². The highest BCUT2D eigenvalue weighted by Gasteiger charge is 2.19. The molecule has 0 spiro atoms. The zero-order chi connectivity index (χ0) is 21.5. The third kappa shape index (κ3) is 6.57. The van der Waals surface area contributed by atoms with Crippen molar-refractivity contribution >= 4 is 11.6 Å². The summed E-state index contributed by atoms with van der Waals surface area (Å²) in [5.41, 5.74) is 4.94. The van der Waals surface area contributed by atoms with Gasteiger partial charge in [-0.3, -0.25) is 4.90 Å². The van der Waals surface area contributed by atoms with Crippen molar-refractivity contribution in [3.63, 3.8) is 0 Å². The molecular weight excluding hydrogens is 404 g/mol. The summed E-state index contributed by atoms with van der Waals surface area (Å²) in [5.74, 6) is 0.902. The highest BCUT2D eigenvalue weighted by Crippen LogP contribution is 2.25. The molecule has 4 heteroatoms. The second-order valence-corrected chi connectivity index (χ2v) is 8.88. The second kappa shape index (κ2) is 10.8. The Hall–Kier alpha value is -2.33. The number of hydrogen-bond donors (Lipinski definition) is 1. The minimum absolute atomic E-state index is 0.524. The maximum Gasteiger partial charge on any atom is 0.124 e. The minimum atomic E-state index is 0.524. The number of benzene rings is 3. The SMILES string of the molecule is Cc1ccc(COc2ccc(Cl)cc2CNC2CCN(Cc3ccccc3)CC2)cc1. The van der Waals surface area contributed by atoms with Gasteiger partial charge in [-0.25, -0.2) is 0 Å². The molecule has 0 radical (unpaired) electrons. The third-order valence-corrected chi connectivity index (χ3v) is 6.19. The fourth-order valence-electron chi connectivity index (χ4n) is 4.06. The van der Waals surface area contributed by atoms with Crippen LogP contribution in [0.1, 0.15) is 35.1 Å². The van der Waals surface area contributed by atoms with Crippen LogP contribution >= 0.6 is 11.6 Å². The highest BCUT2D eigenvalue weighted by atomic mass is 35.5. The smallest absolute Gasteiger partial charge is 0.124 e. The lowest BCUT2D eigenvalue weighted by Gasteiger charge is -2.32. The number of likely N-dealkylation sites (tertiary alicyclic amines) is 1. The van der Waals surface area contributed by atoms with E-state index in [-0.39, 0.29) is 0 Å². The molecule has 0 amide bonds.